The molecule has 0 heterocycles. The van der Waals surface area contributed by atoms with Gasteiger partial charge >= 0.3 is 77.3 Å². The van der Waals surface area contributed by atoms with Crippen LogP contribution in [0.5, 0.6) is 0 Å². The number of carboxylic acid groups (broad SMARTS) is 4. The van der Waals surface area contributed by atoms with Crippen molar-refractivity contribution in [1.82, 2.24) is 18.5 Å². The zero-order valence-electron chi connectivity index (χ0n) is 59.4. The van der Waals surface area contributed by atoms with Crippen molar-refractivity contribution in [3.05, 3.63) is 266 Å². The average molecular weight is 1640 g/mol. The van der Waals surface area contributed by atoms with Gasteiger partial charge in [-0.15, -0.1) is 12.4 Å². The van der Waals surface area contributed by atoms with E-state index in [1.54, 1.807) is 133 Å². The Morgan fingerprint density at radius 1 is 0.349 bits per heavy atom. The number of anilines is 3. The van der Waals surface area contributed by atoms with Crippen molar-refractivity contribution in [2.45, 2.75) is 42.9 Å². The summed E-state index contributed by atoms with van der Waals surface area (Å²) in [6, 6.07) is 56.8. The third-order valence-corrected chi connectivity index (χ3v) is 18.4. The van der Waals surface area contributed by atoms with Crippen LogP contribution >= 0.6 is 47.2 Å². The molecule has 584 valence electrons. The van der Waals surface area contributed by atoms with Crippen LogP contribution in [0.25, 0.3) is 12.2 Å². The number of quaternary nitrogens is 2. The van der Waals surface area contributed by atoms with Crippen molar-refractivity contribution in [2.24, 2.45) is 35.5 Å². The van der Waals surface area contributed by atoms with Crippen LogP contribution < -0.4 is 101 Å². The first kappa shape index (κ1) is 104. The van der Waals surface area contributed by atoms with Crippen molar-refractivity contribution >= 4 is 136 Å². The molecule has 32 heteroatoms. The molecule has 0 bridgehead atoms. The van der Waals surface area contributed by atoms with E-state index in [0.717, 1.165) is 56.9 Å². The van der Waals surface area contributed by atoms with Crippen LogP contribution in [0, 0.1) is 35.5 Å². The molecule has 0 radical (unpaired) electrons. The van der Waals surface area contributed by atoms with Crippen molar-refractivity contribution in [3.63, 3.8) is 0 Å². The number of hydrogen-bond acceptors (Lipinski definition) is 19. The summed E-state index contributed by atoms with van der Waals surface area (Å²) in [5.74, 6) is -11.2. The molecule has 3 saturated carbocycles. The molecule has 4 unspecified atom stereocenters. The van der Waals surface area contributed by atoms with Gasteiger partial charge in [0.25, 0.3) is 0 Å². The normalized spacial score (nSPS) is 19.6. The van der Waals surface area contributed by atoms with Gasteiger partial charge in [0.2, 0.25) is 0 Å². The molecular formula is C77H91Cl6N8NaO17. The Hall–Kier alpha value is -9.10. The van der Waals surface area contributed by atoms with Gasteiger partial charge in [-0.2, -0.15) is 0 Å². The van der Waals surface area contributed by atoms with E-state index in [1.165, 1.54) is 40.6 Å². The molecule has 0 aliphatic heterocycles. The van der Waals surface area contributed by atoms with Crippen LogP contribution in [-0.4, -0.2) is 102 Å². The van der Waals surface area contributed by atoms with Crippen molar-refractivity contribution in [2.75, 3.05) is 45.6 Å². The Kier molecular flexibility index (Phi) is 46.9. The number of hydrogen-bond donors (Lipinski definition) is 12. The molecule has 0 spiro atoms. The molecule has 8 aromatic rings. The molecule has 3 fully saturated rings. The molecule has 8 aromatic carbocycles. The fourth-order valence-electron chi connectivity index (χ4n) is 12.9. The molecule has 11 rings (SSSR count). The third kappa shape index (κ3) is 27.2. The molecule has 0 amide bonds. The summed E-state index contributed by atoms with van der Waals surface area (Å²) in [6.07, 6.45) is 5.20. The van der Waals surface area contributed by atoms with Gasteiger partial charge in [-0.05, 0) is 154 Å². The zero-order chi connectivity index (χ0) is 73.1. The largest absolute Gasteiger partial charge is 1.00 e. The molecule has 0 aromatic heterocycles. The smallest absolute Gasteiger partial charge is 1.00 e. The minimum Gasteiger partial charge on any atom is -1.00 e. The summed E-state index contributed by atoms with van der Waals surface area (Å²) in [4.78, 5) is 94.0. The minimum atomic E-state index is -0.990. The van der Waals surface area contributed by atoms with E-state index in [0.29, 0.717) is 43.3 Å². The molecule has 109 heavy (non-hydrogen) atoms. The first-order valence-electron chi connectivity index (χ1n) is 31.0. The number of rotatable bonds is 16. The monoisotopic (exact) mass is 1630 g/mol. The summed E-state index contributed by atoms with van der Waals surface area (Å²) in [5.41, 5.74) is 34.7. The standard InChI is InChI=1S/C20H20ClNO4.C20H22N2O4.C18H16ClNO4.C9H7ClO2.C9H9NO2.CH4.3ClH.3H3N.Na.H2O/c2*1-25-19(23)17-15(11-3-7-13(21)8-4-11)18(20(24)26-2)16(17)12-5-9-14(22)10-6-12;19-11-5-1-9(2-6-11)13-15(17(21)22)14(16(13)18(23)24)10-3-7-12(20)8-4-10;2*10-8-4-1-7(2-5-8)3-6-9(11)12;;;;;;;;;/h3-10,15-18H,22H2,1-2H3;3-10,15-18H,21-22H2,1-2H3;1-8,13-16H,20H2,(H,21,22)(H,23,24);1-6H,(H,11,12);1-6H,10H2,(H,11,12);1H4;3*1H;3*1H3;;1H2/q;;;;;;;;;;;;+1;/p-1/b;;;2*6-3+;;;;;;;;;. The summed E-state index contributed by atoms with van der Waals surface area (Å²) in [6.45, 7) is 0. The first-order valence-corrected chi connectivity index (χ1v) is 32.1. The molecule has 4 atom stereocenters. The number of carbonyl (C=O) groups excluding carboxylic acids is 4. The Balaban J connectivity index is -0.00000130. The molecule has 26 N–H and O–H groups in total. The van der Waals surface area contributed by atoms with Gasteiger partial charge < -0.3 is 117 Å². The number of ether oxygens (including phenoxy) is 4. The van der Waals surface area contributed by atoms with E-state index < -0.39 is 71.2 Å². The summed E-state index contributed by atoms with van der Waals surface area (Å²) >= 11 is 17.5. The predicted molar refractivity (Wildman–Crippen MR) is 410 cm³/mol. The third-order valence-electron chi connectivity index (χ3n) is 17.6. The second-order valence-corrected chi connectivity index (χ2v) is 24.9. The van der Waals surface area contributed by atoms with E-state index >= 15 is 0 Å². The summed E-state index contributed by atoms with van der Waals surface area (Å²) in [5, 5.41) is 37.7. The number of nitrogens with two attached hydrogens (primary N) is 3. The van der Waals surface area contributed by atoms with Gasteiger partial charge in [0.1, 0.15) is 11.4 Å². The number of aliphatic carboxylic acids is 4. The van der Waals surface area contributed by atoms with Gasteiger partial charge in [-0.25, -0.2) is 9.59 Å². The minimum absolute atomic E-state index is 0. The van der Waals surface area contributed by atoms with Crippen LogP contribution in [0.15, 0.2) is 206 Å². The topological polar surface area (TPSA) is 523 Å². The maximum Gasteiger partial charge on any atom is 1.00 e. The van der Waals surface area contributed by atoms with E-state index in [9.17, 15) is 48.6 Å². The number of carboxylic acids is 4. The SMILES string of the molecule is C.COC(=O)C1C(c2ccc(N)cc2)C(C(=O)OC)C1c1ccc(N)cc1.COC(=O)C1C(c2ccc([NH3+])cc2)C(C(=O)OC)C1c1ccc(Cl)cc1.Cl.N.N.N.Nc1ccc(/C=C/C(=O)O)cc1.O=C(O)/C=C/c1ccc(Cl)cc1.[Cl-].[Cl-].[NH3+]c1ccc(C2C(C(=O)O)C(c3ccc(Cl)cc3)C2C(=O)O)cc1.[Na+].[OH-]. The van der Waals surface area contributed by atoms with Crippen LogP contribution in [0.2, 0.25) is 15.1 Å². The second kappa shape index (κ2) is 49.1. The van der Waals surface area contributed by atoms with Gasteiger partial charge in [-0.3, -0.25) is 28.8 Å². The predicted octanol–water partition coefficient (Wildman–Crippen LogP) is 3.66. The van der Waals surface area contributed by atoms with E-state index in [4.69, 9.17) is 81.2 Å². The maximum absolute atomic E-state index is 12.5. The van der Waals surface area contributed by atoms with Crippen molar-refractivity contribution < 1.29 is 149 Å². The second-order valence-electron chi connectivity index (χ2n) is 23.6. The number of nitrogen functional groups attached to an aromatic ring is 3. The molecule has 25 nitrogen and oxygen atoms in total. The van der Waals surface area contributed by atoms with Gasteiger partial charge in [-0.1, -0.05) is 139 Å². The Labute approximate surface area is 687 Å². The molecular weight excluding hydrogens is 1540 g/mol. The van der Waals surface area contributed by atoms with Crippen molar-refractivity contribution in [1.29, 1.82) is 0 Å². The van der Waals surface area contributed by atoms with Gasteiger partial charge in [0, 0.05) is 79.8 Å². The molecule has 0 saturated heterocycles. The number of carbonyl (C=O) groups is 8. The van der Waals surface area contributed by atoms with Crippen LogP contribution in [0.1, 0.15) is 87.4 Å². The summed E-state index contributed by atoms with van der Waals surface area (Å²) < 4.78 is 20.1. The van der Waals surface area contributed by atoms with Crippen LogP contribution in [-0.2, 0) is 57.3 Å². The maximum atomic E-state index is 12.5. The van der Waals surface area contributed by atoms with Gasteiger partial charge in [0.05, 0.1) is 63.9 Å². The fourth-order valence-corrected chi connectivity index (χ4v) is 13.2. The van der Waals surface area contributed by atoms with Crippen LogP contribution in [0.4, 0.5) is 28.4 Å². The van der Waals surface area contributed by atoms with E-state index in [-0.39, 0.29) is 146 Å². The number of halogens is 6. The van der Waals surface area contributed by atoms with Gasteiger partial charge in [0.15, 0.2) is 0 Å². The number of methoxy groups -OCH3 is 4. The number of esters is 4. The molecule has 3 aliphatic carbocycles. The Bertz CT molecular complexity index is 3800. The number of benzene rings is 8. The van der Waals surface area contributed by atoms with Crippen molar-refractivity contribution in [3.8, 4) is 0 Å². The zero-order valence-corrected chi connectivity index (χ0v) is 66.0. The Morgan fingerprint density at radius 3 is 0.725 bits per heavy atom. The fraction of sp³-hybridized carbons (Fsp3) is 0.221. The molecule has 3 aliphatic rings. The van der Waals surface area contributed by atoms with E-state index in [1.807, 2.05) is 60.7 Å². The first-order chi connectivity index (χ1) is 47.7. The average Bonchev–Trinajstić information content (AvgIpc) is 0.739. The Morgan fingerprint density at radius 2 is 0.523 bits per heavy atom. The summed E-state index contributed by atoms with van der Waals surface area (Å²) in [7, 11) is 5.44. The quantitative estimate of drug-likeness (QED) is 0.0216. The van der Waals surface area contributed by atoms with Crippen LogP contribution in [0.3, 0.4) is 0 Å². The van der Waals surface area contributed by atoms with E-state index in [2.05, 4.69) is 11.5 Å².